The quantitative estimate of drug-likeness (QED) is 0.196. The van der Waals surface area contributed by atoms with Crippen molar-refractivity contribution in [1.29, 1.82) is 0 Å². The number of pyridine rings is 2. The normalized spacial score (nSPS) is 11.6. The van der Waals surface area contributed by atoms with Gasteiger partial charge in [0, 0.05) is 71.4 Å². The molecule has 222 valence electrons. The number of hydrogen-bond acceptors (Lipinski definition) is 6. The highest BCUT2D eigenvalue weighted by Crippen LogP contribution is 2.42. The molecule has 1 amide bonds. The van der Waals surface area contributed by atoms with E-state index in [9.17, 15) is 13.2 Å². The van der Waals surface area contributed by atoms with Crippen LogP contribution in [0.3, 0.4) is 0 Å². The van der Waals surface area contributed by atoms with Crippen molar-refractivity contribution in [1.82, 2.24) is 15.0 Å². The highest BCUT2D eigenvalue weighted by Gasteiger charge is 2.24. The van der Waals surface area contributed by atoms with E-state index < -0.39 is 10.0 Å². The fraction of sp³-hybridized carbons (Fsp3) is 0.0571. The number of rotatable bonds is 7. The molecule has 3 aromatic carbocycles. The zero-order valence-electron chi connectivity index (χ0n) is 24.4. The number of carbonyl (C=O) groups is 1. The lowest BCUT2D eigenvalue weighted by molar-refractivity contribution is 0.0993. The average Bonchev–Trinajstić information content (AvgIpc) is 3.77. The maximum Gasteiger partial charge on any atom is 0.273 e. The smallest absolute Gasteiger partial charge is 0.273 e. The zero-order chi connectivity index (χ0) is 31.1. The standard InChI is InChI=1S/C35H27N5O3S2/c1-39(35(41)25-16-18-36-19-17-25)26-12-10-23(11-13-26)29-22-37-34-33(32(29)24-7-4-3-5-8-24)28-21-27(14-15-30(28)38-34)40(2)45(42,43)31-9-6-20-44-31/h3-22H,1-2H3,(H,37,38). The van der Waals surface area contributed by atoms with E-state index in [0.29, 0.717) is 16.9 Å². The Balaban J connectivity index is 1.36. The molecule has 10 heteroatoms. The van der Waals surface area contributed by atoms with Crippen LogP contribution in [0.4, 0.5) is 11.4 Å². The van der Waals surface area contributed by atoms with E-state index in [4.69, 9.17) is 4.98 Å². The SMILES string of the molecule is CN(C(=O)c1ccncc1)c1ccc(-c2cnc3[nH]c4ccc(N(C)S(=O)(=O)c5cccs5)cc4c3c2-c2ccccc2)cc1. The van der Waals surface area contributed by atoms with E-state index in [0.717, 1.165) is 44.2 Å². The lowest BCUT2D eigenvalue weighted by Gasteiger charge is -2.19. The summed E-state index contributed by atoms with van der Waals surface area (Å²) in [6.45, 7) is 0. The van der Waals surface area contributed by atoms with Gasteiger partial charge in [-0.05, 0) is 65.0 Å². The summed E-state index contributed by atoms with van der Waals surface area (Å²) in [5, 5.41) is 3.52. The molecule has 4 heterocycles. The van der Waals surface area contributed by atoms with Gasteiger partial charge in [-0.3, -0.25) is 14.1 Å². The van der Waals surface area contributed by atoms with Crippen LogP contribution in [0.25, 0.3) is 44.2 Å². The first kappa shape index (κ1) is 28.5. The van der Waals surface area contributed by atoms with Crippen molar-refractivity contribution in [3.8, 4) is 22.3 Å². The van der Waals surface area contributed by atoms with Crippen LogP contribution in [-0.4, -0.2) is 43.4 Å². The number of aromatic amines is 1. The fourth-order valence-electron chi connectivity index (χ4n) is 5.52. The number of benzene rings is 3. The number of nitrogens with one attached hydrogen (secondary N) is 1. The summed E-state index contributed by atoms with van der Waals surface area (Å²) >= 11 is 1.19. The molecule has 0 bridgehead atoms. The van der Waals surface area contributed by atoms with Crippen molar-refractivity contribution < 1.29 is 13.2 Å². The third kappa shape index (κ3) is 5.03. The minimum atomic E-state index is -3.71. The topological polar surface area (TPSA) is 99.3 Å². The lowest BCUT2D eigenvalue weighted by Crippen LogP contribution is -2.26. The second kappa shape index (κ2) is 11.3. The molecule has 0 fully saturated rings. The Kier molecular flexibility index (Phi) is 7.15. The number of fused-ring (bicyclic) bond motifs is 3. The Hall–Kier alpha value is -5.32. The van der Waals surface area contributed by atoms with Gasteiger partial charge in [-0.1, -0.05) is 48.5 Å². The molecule has 0 aliphatic carbocycles. The monoisotopic (exact) mass is 629 g/mol. The summed E-state index contributed by atoms with van der Waals surface area (Å²) < 4.78 is 28.3. The molecule has 1 N–H and O–H groups in total. The number of thiophene rings is 1. The Bertz CT molecular complexity index is 2270. The van der Waals surface area contributed by atoms with Gasteiger partial charge in [0.1, 0.15) is 9.86 Å². The Morgan fingerprint density at radius 3 is 2.27 bits per heavy atom. The molecule has 7 rings (SSSR count). The van der Waals surface area contributed by atoms with Gasteiger partial charge in [0.2, 0.25) is 0 Å². The molecular weight excluding hydrogens is 603 g/mol. The number of anilines is 2. The van der Waals surface area contributed by atoms with Crippen LogP contribution in [0.15, 0.2) is 125 Å². The van der Waals surface area contributed by atoms with E-state index in [1.165, 1.54) is 15.6 Å². The Labute approximate surface area is 264 Å². The van der Waals surface area contributed by atoms with Crippen LogP contribution in [0.5, 0.6) is 0 Å². The number of hydrogen-bond donors (Lipinski definition) is 1. The van der Waals surface area contributed by atoms with Crippen molar-refractivity contribution in [2.45, 2.75) is 4.21 Å². The Morgan fingerprint density at radius 1 is 0.822 bits per heavy atom. The molecule has 7 aromatic rings. The molecule has 0 spiro atoms. The van der Waals surface area contributed by atoms with Gasteiger partial charge in [0.05, 0.1) is 5.69 Å². The van der Waals surface area contributed by atoms with Crippen molar-refractivity contribution in [3.05, 3.63) is 127 Å². The summed E-state index contributed by atoms with van der Waals surface area (Å²) in [6.07, 6.45) is 5.06. The number of nitrogens with zero attached hydrogens (tertiary/aromatic N) is 4. The van der Waals surface area contributed by atoms with Gasteiger partial charge in [0.15, 0.2) is 0 Å². The molecule has 45 heavy (non-hydrogen) atoms. The second-order valence-corrected chi connectivity index (χ2v) is 13.7. The van der Waals surface area contributed by atoms with Crippen LogP contribution >= 0.6 is 11.3 Å². The molecule has 8 nitrogen and oxygen atoms in total. The third-order valence-electron chi connectivity index (χ3n) is 7.94. The summed E-state index contributed by atoms with van der Waals surface area (Å²) in [6, 6.07) is 30.2. The minimum Gasteiger partial charge on any atom is -0.339 e. The highest BCUT2D eigenvalue weighted by atomic mass is 32.2. The molecule has 0 saturated heterocycles. The van der Waals surface area contributed by atoms with Crippen LogP contribution in [-0.2, 0) is 10.0 Å². The maximum atomic E-state index is 13.3. The van der Waals surface area contributed by atoms with Gasteiger partial charge in [-0.15, -0.1) is 11.3 Å². The number of amides is 1. The predicted octanol–water partition coefficient (Wildman–Crippen LogP) is 7.61. The van der Waals surface area contributed by atoms with E-state index in [2.05, 4.69) is 22.1 Å². The third-order valence-corrected chi connectivity index (χ3v) is 11.1. The first-order valence-electron chi connectivity index (χ1n) is 14.1. The molecule has 0 atom stereocenters. The zero-order valence-corrected chi connectivity index (χ0v) is 26.0. The van der Waals surface area contributed by atoms with Gasteiger partial charge in [-0.25, -0.2) is 13.4 Å². The van der Waals surface area contributed by atoms with Gasteiger partial charge in [0.25, 0.3) is 15.9 Å². The van der Waals surface area contributed by atoms with Crippen molar-refractivity contribution in [3.63, 3.8) is 0 Å². The number of sulfonamides is 1. The average molecular weight is 630 g/mol. The van der Waals surface area contributed by atoms with Gasteiger partial charge < -0.3 is 9.88 Å². The van der Waals surface area contributed by atoms with Gasteiger partial charge in [-0.2, -0.15) is 0 Å². The summed E-state index contributed by atoms with van der Waals surface area (Å²) in [5.74, 6) is -0.126. The van der Waals surface area contributed by atoms with Crippen LogP contribution in [0.1, 0.15) is 10.4 Å². The van der Waals surface area contributed by atoms with Crippen LogP contribution in [0, 0.1) is 0 Å². The van der Waals surface area contributed by atoms with Crippen LogP contribution < -0.4 is 9.21 Å². The Morgan fingerprint density at radius 2 is 1.56 bits per heavy atom. The maximum absolute atomic E-state index is 13.3. The first-order valence-corrected chi connectivity index (χ1v) is 16.5. The minimum absolute atomic E-state index is 0.126. The summed E-state index contributed by atoms with van der Waals surface area (Å²) in [4.78, 5) is 26.9. The van der Waals surface area contributed by atoms with Crippen LogP contribution in [0.2, 0.25) is 0 Å². The van der Waals surface area contributed by atoms with E-state index in [-0.39, 0.29) is 10.1 Å². The van der Waals surface area contributed by atoms with Crippen molar-refractivity contribution >= 4 is 60.6 Å². The molecule has 0 radical (unpaired) electrons. The summed E-state index contributed by atoms with van der Waals surface area (Å²) in [5.41, 5.74) is 7.23. The number of H-pyrrole nitrogens is 1. The largest absolute Gasteiger partial charge is 0.339 e. The summed E-state index contributed by atoms with van der Waals surface area (Å²) in [7, 11) is -0.383. The number of aromatic nitrogens is 3. The molecule has 0 aliphatic heterocycles. The second-order valence-electron chi connectivity index (χ2n) is 10.5. The molecular formula is C35H27N5O3S2. The van der Waals surface area contributed by atoms with Gasteiger partial charge >= 0.3 is 0 Å². The highest BCUT2D eigenvalue weighted by molar-refractivity contribution is 7.94. The molecule has 0 unspecified atom stereocenters. The molecule has 0 saturated carbocycles. The molecule has 4 aromatic heterocycles. The lowest BCUT2D eigenvalue weighted by atomic mass is 9.92. The molecule has 0 aliphatic rings. The number of carbonyl (C=O) groups excluding carboxylic acids is 1. The van der Waals surface area contributed by atoms with E-state index in [1.807, 2.05) is 60.8 Å². The fourth-order valence-corrected chi connectivity index (χ4v) is 7.87. The van der Waals surface area contributed by atoms with E-state index in [1.54, 1.807) is 67.1 Å². The van der Waals surface area contributed by atoms with Crippen molar-refractivity contribution in [2.75, 3.05) is 23.3 Å². The predicted molar refractivity (Wildman–Crippen MR) is 181 cm³/mol. The van der Waals surface area contributed by atoms with Crippen molar-refractivity contribution in [2.24, 2.45) is 0 Å². The first-order chi connectivity index (χ1) is 21.8. The van der Waals surface area contributed by atoms with E-state index >= 15 is 0 Å².